The van der Waals surface area contributed by atoms with Crippen LogP contribution in [0.2, 0.25) is 0 Å². The van der Waals surface area contributed by atoms with Crippen molar-refractivity contribution in [3.63, 3.8) is 0 Å². The predicted molar refractivity (Wildman–Crippen MR) is 108 cm³/mol. The van der Waals surface area contributed by atoms with E-state index in [1.165, 1.54) is 19.5 Å². The zero-order valence-electron chi connectivity index (χ0n) is 15.9. The van der Waals surface area contributed by atoms with Crippen molar-refractivity contribution in [3.8, 4) is 11.8 Å². The number of fused-ring (bicyclic) bond motifs is 1. The molecular weight excluding hydrogens is 370 g/mol. The van der Waals surface area contributed by atoms with E-state index in [9.17, 15) is 4.79 Å². The highest BCUT2D eigenvalue weighted by Crippen LogP contribution is 2.27. The Labute approximate surface area is 166 Å². The van der Waals surface area contributed by atoms with Crippen LogP contribution in [0.3, 0.4) is 0 Å². The fourth-order valence-electron chi connectivity index (χ4n) is 3.08. The molecule has 8 nitrogen and oxygen atoms in total. The Balaban J connectivity index is 1.75. The molecule has 0 spiro atoms. The quantitative estimate of drug-likeness (QED) is 0.467. The van der Waals surface area contributed by atoms with E-state index in [1.54, 1.807) is 31.6 Å². The average molecular weight is 389 g/mol. The van der Waals surface area contributed by atoms with E-state index in [1.807, 2.05) is 24.3 Å². The van der Waals surface area contributed by atoms with E-state index < -0.39 is 6.04 Å². The SMILES string of the molecule is COc1ccc(C(Nc2cncc(OC)n2)C(=O)c2c[nH]c3ccccc23)cn1. The number of methoxy groups -OCH3 is 2. The van der Waals surface area contributed by atoms with Crippen LogP contribution in [0.5, 0.6) is 11.8 Å². The van der Waals surface area contributed by atoms with Crippen molar-refractivity contribution in [2.24, 2.45) is 0 Å². The Morgan fingerprint density at radius 2 is 1.86 bits per heavy atom. The molecule has 3 heterocycles. The van der Waals surface area contributed by atoms with Gasteiger partial charge in [-0.2, -0.15) is 4.98 Å². The largest absolute Gasteiger partial charge is 0.481 e. The van der Waals surface area contributed by atoms with Crippen molar-refractivity contribution in [1.82, 2.24) is 19.9 Å². The van der Waals surface area contributed by atoms with Gasteiger partial charge in [-0.25, -0.2) is 4.98 Å². The fourth-order valence-corrected chi connectivity index (χ4v) is 3.08. The predicted octanol–water partition coefficient (Wildman–Crippen LogP) is 3.41. The molecule has 0 aliphatic heterocycles. The van der Waals surface area contributed by atoms with Crippen molar-refractivity contribution < 1.29 is 14.3 Å². The maximum atomic E-state index is 13.5. The highest BCUT2D eigenvalue weighted by molar-refractivity contribution is 6.11. The smallest absolute Gasteiger partial charge is 0.233 e. The van der Waals surface area contributed by atoms with Crippen molar-refractivity contribution in [2.45, 2.75) is 6.04 Å². The number of anilines is 1. The Morgan fingerprint density at radius 1 is 1.03 bits per heavy atom. The van der Waals surface area contributed by atoms with Gasteiger partial charge in [0.15, 0.2) is 5.78 Å². The van der Waals surface area contributed by atoms with Crippen LogP contribution in [0.15, 0.2) is 61.2 Å². The van der Waals surface area contributed by atoms with Gasteiger partial charge in [0, 0.05) is 40.5 Å². The number of carbonyl (C=O) groups excluding carboxylic acids is 1. The number of benzene rings is 1. The van der Waals surface area contributed by atoms with E-state index >= 15 is 0 Å². The summed E-state index contributed by atoms with van der Waals surface area (Å²) < 4.78 is 10.3. The molecule has 0 amide bonds. The number of para-hydroxylation sites is 1. The number of H-pyrrole nitrogens is 1. The summed E-state index contributed by atoms with van der Waals surface area (Å²) in [5.74, 6) is 1.10. The van der Waals surface area contributed by atoms with Crippen molar-refractivity contribution in [3.05, 3.63) is 72.3 Å². The van der Waals surface area contributed by atoms with Crippen LogP contribution in [0, 0.1) is 0 Å². The zero-order valence-corrected chi connectivity index (χ0v) is 15.9. The number of carbonyl (C=O) groups is 1. The van der Waals surface area contributed by atoms with Crippen molar-refractivity contribution in [1.29, 1.82) is 0 Å². The number of ketones is 1. The van der Waals surface area contributed by atoms with Gasteiger partial charge in [-0.15, -0.1) is 0 Å². The van der Waals surface area contributed by atoms with E-state index in [4.69, 9.17) is 9.47 Å². The third-order valence-electron chi connectivity index (χ3n) is 4.53. The molecule has 0 radical (unpaired) electrons. The number of hydrogen-bond acceptors (Lipinski definition) is 7. The lowest BCUT2D eigenvalue weighted by Crippen LogP contribution is -2.22. The molecule has 1 aromatic carbocycles. The van der Waals surface area contributed by atoms with E-state index in [2.05, 4.69) is 25.3 Å². The second-order valence-corrected chi connectivity index (χ2v) is 6.27. The lowest BCUT2D eigenvalue weighted by Gasteiger charge is -2.18. The van der Waals surface area contributed by atoms with Gasteiger partial charge in [0.2, 0.25) is 11.8 Å². The van der Waals surface area contributed by atoms with Gasteiger partial charge in [-0.1, -0.05) is 18.2 Å². The molecule has 146 valence electrons. The zero-order chi connectivity index (χ0) is 20.2. The first-order valence-corrected chi connectivity index (χ1v) is 8.92. The van der Waals surface area contributed by atoms with E-state index in [-0.39, 0.29) is 5.78 Å². The van der Waals surface area contributed by atoms with Crippen LogP contribution in [0.1, 0.15) is 22.0 Å². The normalized spacial score (nSPS) is 11.8. The van der Waals surface area contributed by atoms with Crippen LogP contribution < -0.4 is 14.8 Å². The molecule has 0 fully saturated rings. The second-order valence-electron chi connectivity index (χ2n) is 6.27. The Hall–Kier alpha value is -3.94. The topological polar surface area (TPSA) is 102 Å². The number of aromatic amines is 1. The molecular formula is C21H19N5O3. The summed E-state index contributed by atoms with van der Waals surface area (Å²) in [6.45, 7) is 0. The van der Waals surface area contributed by atoms with E-state index in [0.717, 1.165) is 10.9 Å². The highest BCUT2D eigenvalue weighted by atomic mass is 16.5. The molecule has 1 unspecified atom stereocenters. The molecule has 8 heteroatoms. The fraction of sp³-hybridized carbons (Fsp3) is 0.143. The third-order valence-corrected chi connectivity index (χ3v) is 4.53. The van der Waals surface area contributed by atoms with Crippen LogP contribution in [0.4, 0.5) is 5.82 Å². The third kappa shape index (κ3) is 3.73. The first-order chi connectivity index (χ1) is 14.2. The van der Waals surface area contributed by atoms with Crippen molar-refractivity contribution in [2.75, 3.05) is 19.5 Å². The first-order valence-electron chi connectivity index (χ1n) is 8.92. The minimum atomic E-state index is -0.728. The Morgan fingerprint density at radius 3 is 2.62 bits per heavy atom. The molecule has 4 aromatic rings. The lowest BCUT2D eigenvalue weighted by atomic mass is 9.98. The number of hydrogen-bond donors (Lipinski definition) is 2. The van der Waals surface area contributed by atoms with Gasteiger partial charge < -0.3 is 19.8 Å². The van der Waals surface area contributed by atoms with Gasteiger partial charge in [0.1, 0.15) is 11.9 Å². The Bertz CT molecular complexity index is 1140. The molecule has 0 bridgehead atoms. The molecule has 4 rings (SSSR count). The summed E-state index contributed by atoms with van der Waals surface area (Å²) in [5.41, 5.74) is 2.14. The number of ether oxygens (including phenoxy) is 2. The molecule has 0 aliphatic carbocycles. The summed E-state index contributed by atoms with van der Waals surface area (Å²) in [6, 6.07) is 10.4. The molecule has 0 aliphatic rings. The van der Waals surface area contributed by atoms with Gasteiger partial charge in [-0.3, -0.25) is 9.78 Å². The molecule has 3 aromatic heterocycles. The minimum absolute atomic E-state index is 0.126. The Kier molecular flexibility index (Phi) is 5.07. The summed E-state index contributed by atoms with van der Waals surface area (Å²) in [4.78, 5) is 29.3. The lowest BCUT2D eigenvalue weighted by molar-refractivity contribution is 0.0970. The van der Waals surface area contributed by atoms with Crippen LogP contribution in [-0.2, 0) is 0 Å². The standard InChI is InChI=1S/C21H19N5O3/c1-28-18-8-7-13(9-24-18)20(26-17-11-22-12-19(25-17)29-2)21(27)15-10-23-16-6-4-3-5-14(15)16/h3-12,20,23H,1-2H3,(H,25,26). The number of pyridine rings is 1. The molecule has 29 heavy (non-hydrogen) atoms. The maximum Gasteiger partial charge on any atom is 0.233 e. The van der Waals surface area contributed by atoms with Gasteiger partial charge in [-0.05, 0) is 12.1 Å². The molecule has 0 saturated heterocycles. The first kappa shape index (κ1) is 18.4. The van der Waals surface area contributed by atoms with Crippen LogP contribution in [0.25, 0.3) is 10.9 Å². The van der Waals surface area contributed by atoms with E-state index in [0.29, 0.717) is 28.7 Å². The monoisotopic (exact) mass is 389 g/mol. The second kappa shape index (κ2) is 7.97. The minimum Gasteiger partial charge on any atom is -0.481 e. The molecule has 2 N–H and O–H groups in total. The summed E-state index contributed by atoms with van der Waals surface area (Å²) in [7, 11) is 3.05. The number of aromatic nitrogens is 4. The van der Waals surface area contributed by atoms with Crippen LogP contribution in [-0.4, -0.2) is 39.9 Å². The summed E-state index contributed by atoms with van der Waals surface area (Å²) in [6.07, 6.45) is 6.36. The van der Waals surface area contributed by atoms with Gasteiger partial charge in [0.05, 0.1) is 26.6 Å². The number of rotatable bonds is 7. The summed E-state index contributed by atoms with van der Waals surface area (Å²) in [5, 5.41) is 4.01. The number of nitrogens with zero attached hydrogens (tertiary/aromatic N) is 3. The number of Topliss-reactive ketones (excluding diaryl/α,β-unsaturated/α-hetero) is 1. The average Bonchev–Trinajstić information content (AvgIpc) is 3.21. The van der Waals surface area contributed by atoms with Gasteiger partial charge >= 0.3 is 0 Å². The van der Waals surface area contributed by atoms with Gasteiger partial charge in [0.25, 0.3) is 0 Å². The number of nitrogens with one attached hydrogen (secondary N) is 2. The van der Waals surface area contributed by atoms with Crippen molar-refractivity contribution >= 4 is 22.5 Å². The molecule has 1 atom stereocenters. The molecule has 0 saturated carbocycles. The highest BCUT2D eigenvalue weighted by Gasteiger charge is 2.25. The maximum absolute atomic E-state index is 13.5. The summed E-state index contributed by atoms with van der Waals surface area (Å²) >= 11 is 0. The van der Waals surface area contributed by atoms with Crippen LogP contribution >= 0.6 is 0 Å².